The average Bonchev–Trinajstić information content (AvgIpc) is 3.32. The van der Waals surface area contributed by atoms with Crippen molar-refractivity contribution in [2.75, 3.05) is 0 Å². The number of rotatable bonds is 2. The van der Waals surface area contributed by atoms with Crippen molar-refractivity contribution in [3.8, 4) is 22.3 Å². The summed E-state index contributed by atoms with van der Waals surface area (Å²) in [5, 5.41) is 0. The monoisotopic (exact) mass is 494 g/mol. The Morgan fingerprint density at radius 2 is 0.897 bits per heavy atom. The zero-order valence-corrected chi connectivity index (χ0v) is 22.6. The van der Waals surface area contributed by atoms with Gasteiger partial charge in [0.15, 0.2) is 0 Å². The summed E-state index contributed by atoms with van der Waals surface area (Å²) in [6, 6.07) is 33.7. The molecule has 0 nitrogen and oxygen atoms in total. The maximum atomic E-state index is 2.21. The smallest absolute Gasteiger partial charge is 0.0213 e. The van der Waals surface area contributed by atoms with E-state index in [0.29, 0.717) is 0 Å². The van der Waals surface area contributed by atoms with E-state index in [1.54, 1.807) is 0 Å². The summed E-state index contributed by atoms with van der Waals surface area (Å²) in [6.07, 6.45) is 0. The molecule has 3 heteroatoms. The van der Waals surface area contributed by atoms with Crippen molar-refractivity contribution in [1.82, 2.24) is 0 Å². The minimum Gasteiger partial charge on any atom is -0.194 e. The molecule has 0 unspecified atom stereocenters. The van der Waals surface area contributed by atoms with Crippen LogP contribution in [0.15, 0.2) is 97.1 Å². The summed E-state index contributed by atoms with van der Waals surface area (Å²) in [6.45, 7) is 8.70. The van der Waals surface area contributed by atoms with Crippen LogP contribution in [0.25, 0.3) is 22.3 Å². The van der Waals surface area contributed by atoms with Crippen LogP contribution < -0.4 is 0 Å². The van der Waals surface area contributed by atoms with Crippen molar-refractivity contribution in [2.24, 2.45) is 0 Å². The molecule has 0 spiro atoms. The van der Waals surface area contributed by atoms with Crippen LogP contribution in [0.3, 0.4) is 0 Å². The van der Waals surface area contributed by atoms with E-state index in [4.69, 9.17) is 0 Å². The van der Waals surface area contributed by atoms with Crippen LogP contribution >= 0.6 is 12.4 Å². The molecule has 0 aliphatic carbocycles. The molecule has 4 aromatic carbocycles. The van der Waals surface area contributed by atoms with Gasteiger partial charge in [0.05, 0.1) is 0 Å². The summed E-state index contributed by atoms with van der Waals surface area (Å²) in [7, 11) is 0.750. The average molecular weight is 495 g/mol. The summed E-state index contributed by atoms with van der Waals surface area (Å²) in [5.41, 5.74) is 7.99. The summed E-state index contributed by atoms with van der Waals surface area (Å²) in [5.74, 6) is 0. The maximum absolute atomic E-state index is 2.21. The van der Waals surface area contributed by atoms with Crippen LogP contribution in [0, 0.1) is 13.8 Å². The molecule has 0 amide bonds. The normalized spacial score (nSPS) is 8.97. The summed E-state index contributed by atoms with van der Waals surface area (Å²) >= 11 is 0. The number of aryl methyl sites for hydroxylation is 2. The number of hydrogen-bond acceptors (Lipinski definition) is 0. The SMILES string of the molecule is C[SiH]C.Cc1c[cH-]cc1-c1ccccc1.Cc1c[cH-]cc1-c1ccccc1.Cl.[Y]. The van der Waals surface area contributed by atoms with Crippen LogP contribution in [0.1, 0.15) is 11.1 Å². The van der Waals surface area contributed by atoms with E-state index < -0.39 is 0 Å². The van der Waals surface area contributed by atoms with Crippen molar-refractivity contribution in [3.05, 3.63) is 108 Å². The van der Waals surface area contributed by atoms with Gasteiger partial charge in [0.25, 0.3) is 0 Å². The fourth-order valence-corrected chi connectivity index (χ4v) is 2.90. The van der Waals surface area contributed by atoms with Gasteiger partial charge in [-0.25, -0.2) is 0 Å². The third kappa shape index (κ3) is 8.97. The minimum atomic E-state index is 0. The molecule has 0 bridgehead atoms. The molecule has 0 saturated heterocycles. The molecule has 4 aromatic rings. The predicted octanol–water partition coefficient (Wildman–Crippen LogP) is 7.70. The number of halogens is 1. The Kier molecular flexibility index (Phi) is 14.9. The molecule has 0 aliphatic rings. The van der Waals surface area contributed by atoms with Gasteiger partial charge >= 0.3 is 0 Å². The van der Waals surface area contributed by atoms with Crippen molar-refractivity contribution >= 4 is 21.9 Å². The molecule has 29 heavy (non-hydrogen) atoms. The van der Waals surface area contributed by atoms with Gasteiger partial charge in [0.2, 0.25) is 0 Å². The van der Waals surface area contributed by atoms with Crippen LogP contribution in [-0.2, 0) is 32.7 Å². The first kappa shape index (κ1) is 27.8. The first-order chi connectivity index (χ1) is 13.2. The Morgan fingerprint density at radius 3 is 1.14 bits per heavy atom. The van der Waals surface area contributed by atoms with Gasteiger partial charge < -0.3 is 0 Å². The molecular weight excluding hydrogens is 465 g/mol. The molecule has 0 atom stereocenters. The molecule has 150 valence electrons. The quantitative estimate of drug-likeness (QED) is 0.198. The summed E-state index contributed by atoms with van der Waals surface area (Å²) < 4.78 is 0. The van der Waals surface area contributed by atoms with E-state index in [-0.39, 0.29) is 45.1 Å². The van der Waals surface area contributed by atoms with E-state index in [1.165, 1.54) is 33.4 Å². The van der Waals surface area contributed by atoms with Gasteiger partial charge in [0, 0.05) is 42.2 Å². The van der Waals surface area contributed by atoms with Gasteiger partial charge in [0.1, 0.15) is 0 Å². The molecule has 0 fully saturated rings. The van der Waals surface area contributed by atoms with Gasteiger partial charge in [-0.1, -0.05) is 98.7 Å². The summed E-state index contributed by atoms with van der Waals surface area (Å²) in [4.78, 5) is 0. The molecule has 0 aliphatic heterocycles. The van der Waals surface area contributed by atoms with Crippen molar-refractivity contribution < 1.29 is 32.7 Å². The molecule has 0 heterocycles. The van der Waals surface area contributed by atoms with Crippen LogP contribution in [0.5, 0.6) is 0 Å². The van der Waals surface area contributed by atoms with Gasteiger partial charge in [-0.3, -0.25) is 0 Å². The van der Waals surface area contributed by atoms with E-state index in [2.05, 4.69) is 112 Å². The molecule has 4 rings (SSSR count). The second kappa shape index (κ2) is 15.6. The second-order valence-corrected chi connectivity index (χ2v) is 7.71. The van der Waals surface area contributed by atoms with Crippen molar-refractivity contribution in [1.29, 1.82) is 0 Å². The van der Waals surface area contributed by atoms with E-state index >= 15 is 0 Å². The van der Waals surface area contributed by atoms with Crippen LogP contribution in [0.4, 0.5) is 0 Å². The molecule has 0 aromatic heterocycles. The Bertz CT molecular complexity index is 819. The van der Waals surface area contributed by atoms with E-state index in [9.17, 15) is 0 Å². The number of benzene rings is 2. The zero-order chi connectivity index (χ0) is 19.5. The fraction of sp³-hybridized carbons (Fsp3) is 0.154. The predicted molar refractivity (Wildman–Crippen MR) is 131 cm³/mol. The third-order valence-corrected chi connectivity index (χ3v) is 4.24. The Hall–Kier alpha value is -1.25. The van der Waals surface area contributed by atoms with Crippen molar-refractivity contribution in [2.45, 2.75) is 26.9 Å². The van der Waals surface area contributed by atoms with Crippen molar-refractivity contribution in [3.63, 3.8) is 0 Å². The van der Waals surface area contributed by atoms with E-state index in [1.807, 2.05) is 12.1 Å². The third-order valence-electron chi connectivity index (χ3n) is 4.24. The molecule has 0 saturated carbocycles. The second-order valence-electron chi connectivity index (χ2n) is 6.55. The fourth-order valence-electron chi connectivity index (χ4n) is 2.90. The topological polar surface area (TPSA) is 0 Å². The van der Waals surface area contributed by atoms with Gasteiger partial charge in [-0.2, -0.15) is 58.7 Å². The standard InChI is InChI=1S/2C12H11.C2H7Si.ClH.Y/c2*1-10-6-5-9-12(10)11-7-3-2-4-8-11;1-3-2;;/h2*2-9H,1H3;3H,1-2H3;1H;/q2*-1;;;. The number of hydrogen-bond donors (Lipinski definition) is 0. The zero-order valence-electron chi connectivity index (χ0n) is 17.8. The van der Waals surface area contributed by atoms with Gasteiger partial charge in [-0.05, 0) is 0 Å². The Morgan fingerprint density at radius 1 is 0.586 bits per heavy atom. The van der Waals surface area contributed by atoms with Crippen LogP contribution in [-0.4, -0.2) is 9.52 Å². The first-order valence-electron chi connectivity index (χ1n) is 9.46. The largest absolute Gasteiger partial charge is 0.194 e. The molecule has 0 N–H and O–H groups in total. The molecular formula is C26H30ClSiY-2. The van der Waals surface area contributed by atoms with E-state index in [0.717, 1.165) is 9.52 Å². The van der Waals surface area contributed by atoms with Gasteiger partial charge in [-0.15, -0.1) is 12.4 Å². The first-order valence-corrected chi connectivity index (χ1v) is 11.8. The maximum Gasteiger partial charge on any atom is 0.0213 e. The Balaban J connectivity index is 0.000000450. The Labute approximate surface area is 210 Å². The van der Waals surface area contributed by atoms with Crippen LogP contribution in [0.2, 0.25) is 13.1 Å². The minimum absolute atomic E-state index is 0. The molecule has 2 radical (unpaired) electrons.